The minimum absolute atomic E-state index is 0.0466. The van der Waals surface area contributed by atoms with Gasteiger partial charge in [-0.25, -0.2) is 4.85 Å². The predicted molar refractivity (Wildman–Crippen MR) is 623 cm³/mol. The first-order valence-corrected chi connectivity index (χ1v) is 57.1. The van der Waals surface area contributed by atoms with Crippen molar-refractivity contribution in [1.29, 1.82) is 0 Å². The van der Waals surface area contributed by atoms with Crippen molar-refractivity contribution >= 4 is 56.9 Å². The van der Waals surface area contributed by atoms with Crippen molar-refractivity contribution in [3.63, 3.8) is 0 Å². The fraction of sp³-hybridized carbons (Fsp3) is 0.295. The molecule has 0 heterocycles. The van der Waals surface area contributed by atoms with E-state index in [9.17, 15) is 0 Å². The molecule has 17 aromatic rings. The zero-order valence-electron chi connectivity index (χ0n) is 87.5. The summed E-state index contributed by atoms with van der Waals surface area (Å²) in [4.78, 5) is 11.4. The molecule has 17 aliphatic rings. The van der Waals surface area contributed by atoms with Crippen molar-refractivity contribution in [2.24, 2.45) is 71.0 Å². The molecule has 3 spiro atoms. The van der Waals surface area contributed by atoms with Crippen LogP contribution in [0.1, 0.15) is 225 Å². The molecule has 4 heteroatoms. The van der Waals surface area contributed by atoms with Gasteiger partial charge in [0.25, 0.3) is 0 Å². The molecule has 0 aromatic heterocycles. The van der Waals surface area contributed by atoms with Gasteiger partial charge in [-0.1, -0.05) is 363 Å². The van der Waals surface area contributed by atoms with E-state index in [0.29, 0.717) is 29.4 Å². The summed E-state index contributed by atoms with van der Waals surface area (Å²) < 4.78 is 0. The molecule has 17 aliphatic carbocycles. The van der Waals surface area contributed by atoms with Crippen molar-refractivity contribution < 1.29 is 0 Å². The van der Waals surface area contributed by atoms with E-state index < -0.39 is 0 Å². The molecule has 0 unspecified atom stereocenters. The van der Waals surface area contributed by atoms with E-state index in [1.807, 2.05) is 12.1 Å². The predicted octanol–water partition coefficient (Wildman–Crippen LogP) is 39.5. The SMILES string of the molecule is CC(C)(C)c1ccc(N(c2ccc(-c3ccccc3)cc2)c2cccc3c2C2(c4ccccc4-3)C3CC4CC(C3)CC2C4)cc1.[C-]#[N+]c1ccc(-c2ccc(N(c3ccc4c(c3)C(C)(C)c3ccccc3-4)c3cccc4c3C3(c5ccccc5-4)C4CC5CC(C4)CC3C5)cc2)cc1.c1ccc(-c2ccc(N(c3ccc(-c4ccc(C5CCCCC5)cc4)cc3)c3cccc4c3C3(c5ccccc5-4)C4CC5CC(C4)CC3C5)cc2)cc1. The number of hydrogen-bond donors (Lipinski definition) is 0. The van der Waals surface area contributed by atoms with Crippen molar-refractivity contribution in [3.05, 3.63) is 467 Å². The summed E-state index contributed by atoms with van der Waals surface area (Å²) in [6, 6.07) is 152. The Bertz CT molecular complexity index is 8020. The molecule has 0 atom stereocenters. The van der Waals surface area contributed by atoms with Gasteiger partial charge in [0.05, 0.1) is 23.6 Å². The van der Waals surface area contributed by atoms with Gasteiger partial charge >= 0.3 is 0 Å². The fourth-order valence-electron chi connectivity index (χ4n) is 34.9. The summed E-state index contributed by atoms with van der Waals surface area (Å²) in [7, 11) is 0. The Labute approximate surface area is 888 Å². The maximum absolute atomic E-state index is 7.41. The van der Waals surface area contributed by atoms with Crippen molar-refractivity contribution in [2.45, 2.75) is 196 Å². The van der Waals surface area contributed by atoms with Gasteiger partial charge in [0, 0.05) is 55.8 Å². The number of fused-ring (bicyclic) bond motifs is 12. The lowest BCUT2D eigenvalue weighted by Crippen LogP contribution is -2.55. The van der Waals surface area contributed by atoms with E-state index in [1.165, 1.54) is 280 Å². The van der Waals surface area contributed by atoms with Crippen LogP contribution in [0, 0.1) is 77.6 Å². The third-order valence-corrected chi connectivity index (χ3v) is 40.5. The van der Waals surface area contributed by atoms with Gasteiger partial charge in [0.1, 0.15) is 0 Å². The summed E-state index contributed by atoms with van der Waals surface area (Å²) in [6.45, 7) is 19.1. The van der Waals surface area contributed by atoms with E-state index in [-0.39, 0.29) is 27.1 Å². The van der Waals surface area contributed by atoms with Gasteiger partial charge in [-0.15, -0.1) is 0 Å². The van der Waals surface area contributed by atoms with E-state index in [2.05, 4.69) is 442 Å². The summed E-state index contributed by atoms with van der Waals surface area (Å²) in [5.41, 5.74) is 49.0. The first kappa shape index (κ1) is 91.8. The monoisotopic (exact) mass is 1940 g/mol. The van der Waals surface area contributed by atoms with Gasteiger partial charge in [-0.05, 0) is 427 Å². The largest absolute Gasteiger partial charge is 0.310 e. The molecule has 0 aliphatic heterocycles. The molecule has 0 radical (unpaired) electrons. The molecule has 0 saturated heterocycles. The van der Waals surface area contributed by atoms with Crippen molar-refractivity contribution in [3.8, 4) is 89.0 Å². The van der Waals surface area contributed by atoms with Crippen molar-refractivity contribution in [1.82, 2.24) is 0 Å². The highest BCUT2D eigenvalue weighted by molar-refractivity contribution is 5.97. The van der Waals surface area contributed by atoms with Crippen LogP contribution in [-0.2, 0) is 27.1 Å². The van der Waals surface area contributed by atoms with Gasteiger partial charge in [0.15, 0.2) is 5.69 Å². The van der Waals surface area contributed by atoms with Crippen molar-refractivity contribution in [2.75, 3.05) is 14.7 Å². The van der Waals surface area contributed by atoms with Crippen LogP contribution < -0.4 is 14.7 Å². The number of rotatable bonds is 14. The number of nitrogens with zero attached hydrogens (tertiary/aromatic N) is 4. The Kier molecular flexibility index (Phi) is 22.0. The van der Waals surface area contributed by atoms with Crippen LogP contribution in [0.25, 0.3) is 93.9 Å². The highest BCUT2D eigenvalue weighted by Gasteiger charge is 2.66. The summed E-state index contributed by atoms with van der Waals surface area (Å²) >= 11 is 0. The quantitative estimate of drug-likeness (QED) is 0.101. The lowest BCUT2D eigenvalue weighted by atomic mass is 9.43. The van der Waals surface area contributed by atoms with Gasteiger partial charge in [-0.2, -0.15) is 0 Å². The summed E-state index contributed by atoms with van der Waals surface area (Å²) in [5.74, 6) is 10.4. The number of benzene rings is 17. The zero-order valence-corrected chi connectivity index (χ0v) is 87.5. The van der Waals surface area contributed by atoms with Crippen LogP contribution in [0.5, 0.6) is 0 Å². The second-order valence-electron chi connectivity index (χ2n) is 49.5. The molecule has 17 aromatic carbocycles. The van der Waals surface area contributed by atoms with Gasteiger partial charge < -0.3 is 14.7 Å². The van der Waals surface area contributed by atoms with Crippen LogP contribution >= 0.6 is 0 Å². The third-order valence-electron chi connectivity index (χ3n) is 40.5. The number of hydrogen-bond acceptors (Lipinski definition) is 3. The molecule has 150 heavy (non-hydrogen) atoms. The van der Waals surface area contributed by atoms with Crippen LogP contribution in [0.15, 0.2) is 400 Å². The molecule has 13 saturated carbocycles. The number of anilines is 9. The second kappa shape index (κ2) is 35.9. The lowest BCUT2D eigenvalue weighted by Gasteiger charge is -2.61. The van der Waals surface area contributed by atoms with Crippen LogP contribution in [0.2, 0.25) is 0 Å². The average Bonchev–Trinajstić information content (AvgIpc) is 1.49. The Morgan fingerprint density at radius 1 is 0.240 bits per heavy atom. The molecule has 12 bridgehead atoms. The fourth-order valence-corrected chi connectivity index (χ4v) is 34.9. The summed E-state index contributed by atoms with van der Waals surface area (Å²) in [5, 5.41) is 0. The Balaban J connectivity index is 0.000000106. The Hall–Kier alpha value is -14.4. The molecule has 738 valence electrons. The van der Waals surface area contributed by atoms with E-state index >= 15 is 0 Å². The normalized spacial score (nSPS) is 25.3. The molecule has 0 amide bonds. The minimum Gasteiger partial charge on any atom is -0.310 e. The Morgan fingerprint density at radius 3 is 0.840 bits per heavy atom. The zero-order chi connectivity index (χ0) is 100. The minimum atomic E-state index is -0.0908. The Morgan fingerprint density at radius 2 is 0.507 bits per heavy atom. The second-order valence-corrected chi connectivity index (χ2v) is 49.5. The average molecular weight is 1940 g/mol. The first-order chi connectivity index (χ1) is 73.6. The van der Waals surface area contributed by atoms with Crippen LogP contribution in [0.4, 0.5) is 56.9 Å². The van der Waals surface area contributed by atoms with Gasteiger partial charge in [0.2, 0.25) is 0 Å². The molecule has 4 nitrogen and oxygen atoms in total. The maximum atomic E-state index is 7.41. The highest BCUT2D eigenvalue weighted by atomic mass is 15.2. The van der Waals surface area contributed by atoms with Crippen LogP contribution in [-0.4, -0.2) is 0 Å². The standard InChI is InChI=1S/C52H49N.C50H42N2.C44H43N/c1-3-10-37(11-4-1)39-18-20-40(21-19-39)42-24-28-46(29-25-42)53(45-26-22-41(23-27-45)38-12-5-2-6-13-38)50-17-9-15-48-47-14-7-8-16-49(47)52(51(48)50)43-31-35-30-36(33-43)34-44(52)32-35;1-49(2)44-12-6-4-9-40(44)42-24-23-39(30-46(42)49)52(38-21-17-34(18-22-38)33-15-19-37(51-3)20-16-33)47-14-8-11-43-41-10-5-7-13-45(41)50(48(43)47)35-26-31-25-32(28-35)29-36(50)27-31;1-43(2,3)33-18-22-37(23-19-33)45(36-20-16-32(17-21-36)31-10-5-4-6-11-31)41-15-9-13-39-38-12-7-8-14-40(38)44(42(39)41)34-25-29-24-30(27-34)28-35(44)26-29/h2,5-9,12-29,35-37,43-44H,1,3-4,10-11,30-34H2;4-24,30-32,35-36H,25-29H2,1-2H3;4-23,29-30,34-35H,24-28H2,1-3H3. The molecule has 34 rings (SSSR count). The lowest BCUT2D eigenvalue weighted by molar-refractivity contribution is -0.0397. The summed E-state index contributed by atoms with van der Waals surface area (Å²) in [6.07, 6.45) is 27.8. The van der Waals surface area contributed by atoms with Crippen LogP contribution in [0.3, 0.4) is 0 Å². The molecule has 13 fully saturated rings. The van der Waals surface area contributed by atoms with E-state index in [0.717, 1.165) is 64.4 Å². The highest BCUT2D eigenvalue weighted by Crippen LogP contribution is 2.76. The van der Waals surface area contributed by atoms with Gasteiger partial charge in [-0.3, -0.25) is 0 Å². The smallest absolute Gasteiger partial charge is 0.187 e. The molecule has 0 N–H and O–H groups in total. The molecular formula is C146H134N4. The van der Waals surface area contributed by atoms with E-state index in [4.69, 9.17) is 6.57 Å². The van der Waals surface area contributed by atoms with E-state index in [1.54, 1.807) is 33.4 Å². The topological polar surface area (TPSA) is 14.1 Å². The third kappa shape index (κ3) is 14.5. The first-order valence-electron chi connectivity index (χ1n) is 57.1. The maximum Gasteiger partial charge on any atom is 0.187 e. The molecular weight excluding hydrogens is 1810 g/mol.